The summed E-state index contributed by atoms with van der Waals surface area (Å²) in [4.78, 5) is 20.4. The molecule has 5 rings (SSSR count). The van der Waals surface area contributed by atoms with E-state index in [1.165, 1.54) is 5.56 Å². The lowest BCUT2D eigenvalue weighted by atomic mass is 10.0. The Balaban J connectivity index is 1.33. The summed E-state index contributed by atoms with van der Waals surface area (Å²) in [5.74, 6) is 0.841. The van der Waals surface area contributed by atoms with Gasteiger partial charge >= 0.3 is 0 Å². The van der Waals surface area contributed by atoms with E-state index in [0.717, 1.165) is 40.8 Å². The van der Waals surface area contributed by atoms with Crippen molar-refractivity contribution in [3.05, 3.63) is 96.1 Å². The summed E-state index contributed by atoms with van der Waals surface area (Å²) >= 11 is 0. The van der Waals surface area contributed by atoms with Gasteiger partial charge < -0.3 is 14.4 Å². The summed E-state index contributed by atoms with van der Waals surface area (Å²) in [5.41, 5.74) is 4.43. The molecule has 172 valence electrons. The Kier molecular flexibility index (Phi) is 6.54. The van der Waals surface area contributed by atoms with Gasteiger partial charge in [0.25, 0.3) is 5.91 Å². The van der Waals surface area contributed by atoms with Crippen LogP contribution in [0.4, 0.5) is 0 Å². The summed E-state index contributed by atoms with van der Waals surface area (Å²) in [7, 11) is 1.65. The van der Waals surface area contributed by atoms with Gasteiger partial charge in [0.2, 0.25) is 0 Å². The van der Waals surface area contributed by atoms with Gasteiger partial charge in [-0.05, 0) is 54.8 Å². The molecule has 0 unspecified atom stereocenters. The third kappa shape index (κ3) is 4.80. The molecule has 0 N–H and O–H groups in total. The molecule has 1 fully saturated rings. The highest BCUT2D eigenvalue weighted by Gasteiger charge is 2.26. The van der Waals surface area contributed by atoms with Crippen LogP contribution >= 0.6 is 0 Å². The highest BCUT2D eigenvalue weighted by Crippen LogP contribution is 2.28. The Morgan fingerprint density at radius 2 is 1.65 bits per heavy atom. The number of aromatic nitrogens is 1. The number of benzene rings is 3. The van der Waals surface area contributed by atoms with Gasteiger partial charge in [-0.2, -0.15) is 0 Å². The number of hydrogen-bond acceptors (Lipinski definition) is 4. The third-order valence-electron chi connectivity index (χ3n) is 6.39. The topological polar surface area (TPSA) is 51.7 Å². The van der Waals surface area contributed by atoms with Gasteiger partial charge in [-0.25, -0.2) is 4.98 Å². The maximum Gasteiger partial charge on any atom is 0.254 e. The van der Waals surface area contributed by atoms with Gasteiger partial charge in [-0.15, -0.1) is 0 Å². The van der Waals surface area contributed by atoms with Crippen LogP contribution in [0.1, 0.15) is 28.8 Å². The number of carbonyl (C=O) groups is 1. The maximum absolute atomic E-state index is 13.6. The zero-order valence-corrected chi connectivity index (χ0v) is 19.3. The van der Waals surface area contributed by atoms with Crippen LogP contribution in [0.2, 0.25) is 0 Å². The molecular formula is C29H28N2O3. The Hall–Kier alpha value is -3.70. The van der Waals surface area contributed by atoms with Crippen LogP contribution in [0.25, 0.3) is 22.2 Å². The predicted octanol–water partition coefficient (Wildman–Crippen LogP) is 5.73. The number of piperidine rings is 1. The van der Waals surface area contributed by atoms with E-state index in [9.17, 15) is 4.79 Å². The van der Waals surface area contributed by atoms with Crippen molar-refractivity contribution in [1.29, 1.82) is 0 Å². The first-order chi connectivity index (χ1) is 16.7. The molecule has 34 heavy (non-hydrogen) atoms. The molecule has 0 radical (unpaired) electrons. The van der Waals surface area contributed by atoms with E-state index in [0.29, 0.717) is 25.3 Å². The van der Waals surface area contributed by atoms with E-state index in [1.54, 1.807) is 7.11 Å². The fourth-order valence-corrected chi connectivity index (χ4v) is 4.45. The highest BCUT2D eigenvalue weighted by atomic mass is 16.5. The largest absolute Gasteiger partial charge is 0.497 e. The van der Waals surface area contributed by atoms with Gasteiger partial charge in [0, 0.05) is 24.0 Å². The van der Waals surface area contributed by atoms with Crippen molar-refractivity contribution in [3.8, 4) is 17.0 Å². The number of nitrogens with zero attached hydrogens (tertiary/aromatic N) is 2. The van der Waals surface area contributed by atoms with Crippen molar-refractivity contribution in [1.82, 2.24) is 9.88 Å². The molecule has 0 bridgehead atoms. The van der Waals surface area contributed by atoms with Gasteiger partial charge in [-0.3, -0.25) is 4.79 Å². The number of amides is 1. The number of para-hydroxylation sites is 1. The SMILES string of the molecule is COc1ccc(-c2cc(C(=O)N3CCC(OCc4ccccc4)CC3)c3ccccc3n2)cc1. The Bertz CT molecular complexity index is 1260. The monoisotopic (exact) mass is 452 g/mol. The molecule has 0 atom stereocenters. The second kappa shape index (κ2) is 10.1. The third-order valence-corrected chi connectivity index (χ3v) is 6.39. The standard InChI is InChI=1S/C29H28N2O3/c1-33-23-13-11-22(12-14-23)28-19-26(25-9-5-6-10-27(25)30-28)29(32)31-17-15-24(16-18-31)34-20-21-7-3-2-4-8-21/h2-14,19,24H,15-18,20H2,1H3. The van der Waals surface area contributed by atoms with Crippen LogP contribution in [-0.2, 0) is 11.3 Å². The lowest BCUT2D eigenvalue weighted by Crippen LogP contribution is -2.41. The number of pyridine rings is 1. The number of likely N-dealkylation sites (tertiary alicyclic amines) is 1. The molecule has 5 heteroatoms. The summed E-state index contributed by atoms with van der Waals surface area (Å²) in [6.07, 6.45) is 1.85. The van der Waals surface area contributed by atoms with E-state index in [2.05, 4.69) is 12.1 Å². The zero-order chi connectivity index (χ0) is 23.3. The smallest absolute Gasteiger partial charge is 0.254 e. The number of methoxy groups -OCH3 is 1. The molecule has 1 saturated heterocycles. The molecule has 0 aliphatic carbocycles. The summed E-state index contributed by atoms with van der Waals surface area (Å²) in [6, 6.07) is 27.8. The number of rotatable bonds is 6. The Labute approximate surface area is 200 Å². The molecule has 0 saturated carbocycles. The van der Waals surface area contributed by atoms with Crippen molar-refractivity contribution in [2.24, 2.45) is 0 Å². The molecule has 1 aliphatic rings. The van der Waals surface area contributed by atoms with E-state index in [1.807, 2.05) is 77.7 Å². The van der Waals surface area contributed by atoms with Crippen LogP contribution in [0.3, 0.4) is 0 Å². The molecule has 4 aromatic rings. The summed E-state index contributed by atoms with van der Waals surface area (Å²) < 4.78 is 11.4. The van der Waals surface area contributed by atoms with Gasteiger partial charge in [0.05, 0.1) is 36.6 Å². The summed E-state index contributed by atoms with van der Waals surface area (Å²) in [5, 5.41) is 0.882. The quantitative estimate of drug-likeness (QED) is 0.375. The minimum absolute atomic E-state index is 0.0508. The number of hydrogen-bond donors (Lipinski definition) is 0. The predicted molar refractivity (Wildman–Crippen MR) is 134 cm³/mol. The highest BCUT2D eigenvalue weighted by molar-refractivity contribution is 6.07. The lowest BCUT2D eigenvalue weighted by Gasteiger charge is -2.32. The van der Waals surface area contributed by atoms with Crippen molar-refractivity contribution >= 4 is 16.8 Å². The van der Waals surface area contributed by atoms with E-state index < -0.39 is 0 Å². The van der Waals surface area contributed by atoms with Gasteiger partial charge in [0.15, 0.2) is 0 Å². The van der Waals surface area contributed by atoms with E-state index in [4.69, 9.17) is 14.5 Å². The van der Waals surface area contributed by atoms with Gasteiger partial charge in [-0.1, -0.05) is 48.5 Å². The fraction of sp³-hybridized carbons (Fsp3) is 0.241. The maximum atomic E-state index is 13.6. The van der Waals surface area contributed by atoms with E-state index >= 15 is 0 Å². The second-order valence-corrected chi connectivity index (χ2v) is 8.59. The normalized spacial score (nSPS) is 14.3. The average Bonchev–Trinajstić information content (AvgIpc) is 2.92. The van der Waals surface area contributed by atoms with Crippen molar-refractivity contribution in [2.75, 3.05) is 20.2 Å². The number of fused-ring (bicyclic) bond motifs is 1. The molecule has 5 nitrogen and oxygen atoms in total. The van der Waals surface area contributed by atoms with Crippen LogP contribution in [0.5, 0.6) is 5.75 Å². The van der Waals surface area contributed by atoms with Crippen LogP contribution in [-0.4, -0.2) is 42.1 Å². The molecule has 0 spiro atoms. The van der Waals surface area contributed by atoms with Crippen LogP contribution in [0, 0.1) is 0 Å². The number of carbonyl (C=O) groups excluding carboxylic acids is 1. The van der Waals surface area contributed by atoms with Gasteiger partial charge in [0.1, 0.15) is 5.75 Å². The Morgan fingerprint density at radius 3 is 2.38 bits per heavy atom. The molecule has 1 aliphatic heterocycles. The van der Waals surface area contributed by atoms with Crippen LogP contribution in [0.15, 0.2) is 84.9 Å². The first kappa shape index (κ1) is 22.1. The first-order valence-electron chi connectivity index (χ1n) is 11.7. The van der Waals surface area contributed by atoms with Crippen molar-refractivity contribution < 1.29 is 14.3 Å². The number of ether oxygens (including phenoxy) is 2. The van der Waals surface area contributed by atoms with E-state index in [-0.39, 0.29) is 12.0 Å². The average molecular weight is 453 g/mol. The molecule has 2 heterocycles. The van der Waals surface area contributed by atoms with Crippen LogP contribution < -0.4 is 4.74 Å². The first-order valence-corrected chi connectivity index (χ1v) is 11.7. The minimum atomic E-state index is 0.0508. The molecular weight excluding hydrogens is 424 g/mol. The Morgan fingerprint density at radius 1 is 0.941 bits per heavy atom. The molecule has 1 aromatic heterocycles. The zero-order valence-electron chi connectivity index (χ0n) is 19.3. The second-order valence-electron chi connectivity index (χ2n) is 8.59. The lowest BCUT2D eigenvalue weighted by molar-refractivity contribution is -0.000336. The molecule has 1 amide bonds. The minimum Gasteiger partial charge on any atom is -0.497 e. The van der Waals surface area contributed by atoms with Crippen molar-refractivity contribution in [2.45, 2.75) is 25.6 Å². The van der Waals surface area contributed by atoms with Crippen molar-refractivity contribution in [3.63, 3.8) is 0 Å². The fourth-order valence-electron chi connectivity index (χ4n) is 4.45. The molecule has 3 aromatic carbocycles. The summed E-state index contributed by atoms with van der Waals surface area (Å²) in [6.45, 7) is 1.99.